The number of hydrogen-bond acceptors (Lipinski definition) is 7. The molecule has 2 aliphatic rings. The van der Waals surface area contributed by atoms with Gasteiger partial charge in [0.2, 0.25) is 10.0 Å². The fraction of sp³-hybridized carbons (Fsp3) is 0.500. The summed E-state index contributed by atoms with van der Waals surface area (Å²) in [5, 5.41) is 10.1. The summed E-state index contributed by atoms with van der Waals surface area (Å²) in [5.74, 6) is -0.378. The molecule has 2 aromatic carbocycles. The van der Waals surface area contributed by atoms with Gasteiger partial charge in [-0.15, -0.1) is 12.6 Å². The minimum absolute atomic E-state index is 0.0259. The second kappa shape index (κ2) is 11.0. The van der Waals surface area contributed by atoms with E-state index in [1.54, 1.807) is 45.9 Å². The fourth-order valence-corrected chi connectivity index (χ4v) is 7.39. The largest absolute Gasteiger partial charge is 0.421 e. The predicted molar refractivity (Wildman–Crippen MR) is 154 cm³/mol. The third kappa shape index (κ3) is 5.49. The number of carbonyl (C=O) groups excluding carboxylic acids is 2. The first-order chi connectivity index (χ1) is 19.3. The van der Waals surface area contributed by atoms with Crippen molar-refractivity contribution in [3.05, 3.63) is 54.1 Å². The third-order valence-corrected chi connectivity index (χ3v) is 10.5. The van der Waals surface area contributed by atoms with E-state index in [1.165, 1.54) is 44.4 Å². The number of nitrogens with zero attached hydrogens (tertiary/aromatic N) is 4. The molecule has 2 heterocycles. The molecule has 4 rings (SSSR count). The van der Waals surface area contributed by atoms with Crippen LogP contribution in [0.5, 0.6) is 0 Å². The zero-order valence-electron chi connectivity index (χ0n) is 24.0. The summed E-state index contributed by atoms with van der Waals surface area (Å²) in [6.07, 6.45) is -4.89. The lowest BCUT2D eigenvalue weighted by Gasteiger charge is -2.44. The monoisotopic (exact) mass is 628 g/mol. The van der Waals surface area contributed by atoms with Crippen molar-refractivity contribution in [3.8, 4) is 0 Å². The van der Waals surface area contributed by atoms with Gasteiger partial charge in [0, 0.05) is 42.8 Å². The van der Waals surface area contributed by atoms with Crippen molar-refractivity contribution in [2.75, 3.05) is 31.1 Å². The van der Waals surface area contributed by atoms with Crippen LogP contribution in [0.15, 0.2) is 58.3 Å². The molecule has 0 radical (unpaired) electrons. The quantitative estimate of drug-likeness (QED) is 0.354. The van der Waals surface area contributed by atoms with Crippen molar-refractivity contribution >= 4 is 40.3 Å². The number of anilines is 1. The molecule has 3 amide bonds. The van der Waals surface area contributed by atoms with Crippen LogP contribution >= 0.6 is 12.6 Å². The summed E-state index contributed by atoms with van der Waals surface area (Å²) in [5.41, 5.74) is -4.15. The van der Waals surface area contributed by atoms with Crippen molar-refractivity contribution in [2.24, 2.45) is 0 Å². The van der Waals surface area contributed by atoms with Crippen molar-refractivity contribution < 1.29 is 36.3 Å². The number of carbonyl (C=O) groups is 2. The Morgan fingerprint density at radius 3 is 2.17 bits per heavy atom. The van der Waals surface area contributed by atoms with Crippen LogP contribution in [0.2, 0.25) is 0 Å². The second-order valence-corrected chi connectivity index (χ2v) is 13.9. The van der Waals surface area contributed by atoms with Crippen LogP contribution in [0.4, 0.5) is 23.7 Å². The zero-order chi connectivity index (χ0) is 31.4. The number of sulfonamides is 1. The Balaban J connectivity index is 1.72. The lowest BCUT2D eigenvalue weighted by molar-refractivity contribution is -0.258. The van der Waals surface area contributed by atoms with Crippen LogP contribution < -0.4 is 4.90 Å². The molecule has 0 aromatic heterocycles. The molecule has 0 saturated carbocycles. The number of piperazine rings is 1. The van der Waals surface area contributed by atoms with E-state index in [9.17, 15) is 36.3 Å². The van der Waals surface area contributed by atoms with E-state index >= 15 is 0 Å². The first-order valence-electron chi connectivity index (χ1n) is 13.4. The van der Waals surface area contributed by atoms with Crippen LogP contribution in [0, 0.1) is 0 Å². The van der Waals surface area contributed by atoms with Gasteiger partial charge < -0.3 is 14.9 Å². The molecule has 230 valence electrons. The molecule has 14 heteroatoms. The number of alkyl halides is 3. The molecular formula is C28H35F3N4O5S2. The summed E-state index contributed by atoms with van der Waals surface area (Å²) in [7, 11) is -3.99. The van der Waals surface area contributed by atoms with Crippen LogP contribution in [0.25, 0.3) is 0 Å². The summed E-state index contributed by atoms with van der Waals surface area (Å²) in [6.45, 7) is 7.48. The first kappa shape index (κ1) is 32.1. The number of hydrogen-bond donors (Lipinski definition) is 2. The number of aliphatic hydroxyl groups is 1. The Kier molecular flexibility index (Phi) is 8.44. The molecule has 2 saturated heterocycles. The maximum Gasteiger partial charge on any atom is 0.421 e. The van der Waals surface area contributed by atoms with Crippen molar-refractivity contribution in [1.29, 1.82) is 0 Å². The van der Waals surface area contributed by atoms with Crippen molar-refractivity contribution in [2.45, 2.75) is 73.8 Å². The van der Waals surface area contributed by atoms with E-state index in [0.29, 0.717) is 12.6 Å². The number of amides is 3. The number of halogens is 3. The second-order valence-electron chi connectivity index (χ2n) is 11.5. The maximum atomic E-state index is 13.6. The van der Waals surface area contributed by atoms with E-state index < -0.39 is 45.5 Å². The molecule has 2 fully saturated rings. The minimum Gasteiger partial charge on any atom is -0.376 e. The van der Waals surface area contributed by atoms with Crippen LogP contribution in [-0.4, -0.2) is 89.5 Å². The molecule has 0 bridgehead atoms. The number of urea groups is 1. The lowest BCUT2D eigenvalue weighted by Crippen LogP contribution is -2.60. The molecule has 9 nitrogen and oxygen atoms in total. The summed E-state index contributed by atoms with van der Waals surface area (Å²) < 4.78 is 68.8. The molecular weight excluding hydrogens is 593 g/mol. The number of thiol groups is 1. The van der Waals surface area contributed by atoms with Crippen molar-refractivity contribution in [1.82, 2.24) is 14.1 Å². The van der Waals surface area contributed by atoms with Crippen LogP contribution in [-0.2, 0) is 20.4 Å². The smallest absolute Gasteiger partial charge is 0.376 e. The summed E-state index contributed by atoms with van der Waals surface area (Å²) in [6, 6.07) is 9.93. The number of benzene rings is 2. The van der Waals surface area contributed by atoms with Gasteiger partial charge in [0.25, 0.3) is 5.91 Å². The normalized spacial score (nSPS) is 21.8. The Morgan fingerprint density at radius 1 is 1.05 bits per heavy atom. The van der Waals surface area contributed by atoms with Gasteiger partial charge in [-0.05, 0) is 64.4 Å². The van der Waals surface area contributed by atoms with Crippen LogP contribution in [0.1, 0.15) is 40.2 Å². The molecule has 0 spiro atoms. The lowest BCUT2D eigenvalue weighted by atomic mass is 9.95. The van der Waals surface area contributed by atoms with E-state index in [4.69, 9.17) is 0 Å². The maximum absolute atomic E-state index is 13.6. The van der Waals surface area contributed by atoms with E-state index in [2.05, 4.69) is 12.6 Å². The minimum atomic E-state index is -4.89. The molecule has 2 atom stereocenters. The molecule has 2 aliphatic heterocycles. The molecule has 0 unspecified atom stereocenters. The van der Waals surface area contributed by atoms with Gasteiger partial charge in [-0.3, -0.25) is 9.69 Å². The number of imide groups is 1. The standard InChI is InChI=1S/C28H35F3N4O5S2/c1-18(2)35-24(36)26(3,4)34(25(35)37)17-21-16-32(42(39,40)23-9-7-6-8-22(23)41)14-15-33(21)20-12-10-19(11-13-20)27(5,38)28(29,30)31/h6-13,18,21,38,41H,14-17H2,1-5H3/t21-,27-/m1/s1. The van der Waals surface area contributed by atoms with Gasteiger partial charge in [0.05, 0.1) is 10.9 Å². The van der Waals surface area contributed by atoms with Gasteiger partial charge >= 0.3 is 12.2 Å². The zero-order valence-corrected chi connectivity index (χ0v) is 25.7. The average Bonchev–Trinajstić information content (AvgIpc) is 3.07. The number of rotatable bonds is 7. The Bertz CT molecular complexity index is 1460. The molecule has 2 aromatic rings. The van der Waals surface area contributed by atoms with E-state index in [-0.39, 0.29) is 47.4 Å². The predicted octanol–water partition coefficient (Wildman–Crippen LogP) is 4.08. The van der Waals surface area contributed by atoms with E-state index in [0.717, 1.165) is 0 Å². The Morgan fingerprint density at radius 2 is 1.64 bits per heavy atom. The molecule has 42 heavy (non-hydrogen) atoms. The Hall–Kier alpha value is -2.81. The summed E-state index contributed by atoms with van der Waals surface area (Å²) >= 11 is 4.32. The van der Waals surface area contributed by atoms with Gasteiger partial charge in [-0.1, -0.05) is 24.3 Å². The van der Waals surface area contributed by atoms with Gasteiger partial charge in [0.1, 0.15) is 5.54 Å². The topological polar surface area (TPSA) is 101 Å². The van der Waals surface area contributed by atoms with Gasteiger partial charge in [-0.2, -0.15) is 17.5 Å². The third-order valence-electron chi connectivity index (χ3n) is 8.01. The van der Waals surface area contributed by atoms with Gasteiger partial charge in [0.15, 0.2) is 5.60 Å². The van der Waals surface area contributed by atoms with E-state index in [1.807, 2.05) is 4.90 Å². The highest BCUT2D eigenvalue weighted by Crippen LogP contribution is 2.39. The molecule has 1 N–H and O–H groups in total. The summed E-state index contributed by atoms with van der Waals surface area (Å²) in [4.78, 5) is 31.3. The highest BCUT2D eigenvalue weighted by molar-refractivity contribution is 7.90. The van der Waals surface area contributed by atoms with Crippen molar-refractivity contribution in [3.63, 3.8) is 0 Å². The molecule has 0 aliphatic carbocycles. The highest BCUT2D eigenvalue weighted by atomic mass is 32.2. The van der Waals surface area contributed by atoms with Gasteiger partial charge in [-0.25, -0.2) is 13.2 Å². The highest BCUT2D eigenvalue weighted by Gasteiger charge is 2.54. The Labute approximate surface area is 249 Å². The SMILES string of the molecule is CC(C)N1C(=O)N(C[C@H]2CN(S(=O)(=O)c3ccccc3S)CCN2c2ccc([C@@](C)(O)C(F)(F)F)cc2)C(C)(C)C1=O. The average molecular weight is 629 g/mol. The van der Waals surface area contributed by atoms with Crippen LogP contribution in [0.3, 0.4) is 0 Å². The fourth-order valence-electron chi connectivity index (χ4n) is 5.34. The first-order valence-corrected chi connectivity index (χ1v) is 15.3.